The maximum absolute atomic E-state index is 13.4. The SMILES string of the molecule is Nc1nccnc1C(=O)NCC(O)c1ccccc1F. The number of hydrogen-bond donors (Lipinski definition) is 3. The molecule has 1 unspecified atom stereocenters. The summed E-state index contributed by atoms with van der Waals surface area (Å²) in [6.45, 7) is -0.157. The third-order valence-corrected chi connectivity index (χ3v) is 2.66. The van der Waals surface area contributed by atoms with Gasteiger partial charge in [-0.3, -0.25) is 4.79 Å². The number of nitrogens with one attached hydrogen (secondary N) is 1. The molecular formula is C13H13FN4O2. The molecule has 0 bridgehead atoms. The van der Waals surface area contributed by atoms with E-state index in [-0.39, 0.29) is 23.6 Å². The van der Waals surface area contributed by atoms with Crippen LogP contribution in [0.5, 0.6) is 0 Å². The summed E-state index contributed by atoms with van der Waals surface area (Å²) in [6, 6.07) is 5.80. The van der Waals surface area contributed by atoms with E-state index in [2.05, 4.69) is 15.3 Å². The van der Waals surface area contributed by atoms with Gasteiger partial charge in [0.25, 0.3) is 5.91 Å². The van der Waals surface area contributed by atoms with Gasteiger partial charge in [-0.15, -0.1) is 0 Å². The van der Waals surface area contributed by atoms with Crippen LogP contribution >= 0.6 is 0 Å². The lowest BCUT2D eigenvalue weighted by molar-refractivity contribution is 0.0910. The molecular weight excluding hydrogens is 263 g/mol. The fraction of sp³-hybridized carbons (Fsp3) is 0.154. The van der Waals surface area contributed by atoms with Crippen molar-refractivity contribution in [3.8, 4) is 0 Å². The van der Waals surface area contributed by atoms with Crippen molar-refractivity contribution < 1.29 is 14.3 Å². The van der Waals surface area contributed by atoms with Crippen LogP contribution in [0.4, 0.5) is 10.2 Å². The number of nitrogen functional groups attached to an aromatic ring is 1. The highest BCUT2D eigenvalue weighted by Gasteiger charge is 2.16. The van der Waals surface area contributed by atoms with E-state index in [1.165, 1.54) is 30.6 Å². The largest absolute Gasteiger partial charge is 0.386 e. The maximum Gasteiger partial charge on any atom is 0.273 e. The minimum absolute atomic E-state index is 0.00891. The summed E-state index contributed by atoms with van der Waals surface area (Å²) in [5.41, 5.74) is 5.58. The van der Waals surface area contributed by atoms with Crippen LogP contribution in [0.15, 0.2) is 36.7 Å². The van der Waals surface area contributed by atoms with Crippen molar-refractivity contribution in [1.82, 2.24) is 15.3 Å². The number of nitrogens with two attached hydrogens (primary N) is 1. The zero-order chi connectivity index (χ0) is 14.5. The molecule has 1 heterocycles. The van der Waals surface area contributed by atoms with Gasteiger partial charge in [0, 0.05) is 24.5 Å². The van der Waals surface area contributed by atoms with Gasteiger partial charge >= 0.3 is 0 Å². The van der Waals surface area contributed by atoms with E-state index in [0.717, 1.165) is 0 Å². The molecule has 1 aromatic heterocycles. The zero-order valence-corrected chi connectivity index (χ0v) is 10.5. The van der Waals surface area contributed by atoms with E-state index in [1.807, 2.05) is 0 Å². The summed E-state index contributed by atoms with van der Waals surface area (Å²) in [6.07, 6.45) is 1.54. The third-order valence-electron chi connectivity index (χ3n) is 2.66. The first kappa shape index (κ1) is 13.9. The van der Waals surface area contributed by atoms with Gasteiger partial charge in [-0.2, -0.15) is 0 Å². The third kappa shape index (κ3) is 3.07. The Morgan fingerprint density at radius 2 is 2.05 bits per heavy atom. The number of carbonyl (C=O) groups excluding carboxylic acids is 1. The van der Waals surface area contributed by atoms with Crippen molar-refractivity contribution in [2.24, 2.45) is 0 Å². The molecule has 1 aromatic carbocycles. The van der Waals surface area contributed by atoms with E-state index < -0.39 is 17.8 Å². The number of carbonyl (C=O) groups is 1. The van der Waals surface area contributed by atoms with Gasteiger partial charge in [0.2, 0.25) is 0 Å². The first-order valence-electron chi connectivity index (χ1n) is 5.86. The van der Waals surface area contributed by atoms with E-state index in [1.54, 1.807) is 6.07 Å². The fourth-order valence-corrected chi connectivity index (χ4v) is 1.65. The van der Waals surface area contributed by atoms with Gasteiger partial charge in [-0.05, 0) is 6.07 Å². The number of benzene rings is 1. The summed E-state index contributed by atoms with van der Waals surface area (Å²) in [5, 5.41) is 12.3. The average Bonchev–Trinajstić information content (AvgIpc) is 2.45. The smallest absolute Gasteiger partial charge is 0.273 e. The van der Waals surface area contributed by atoms with Crippen molar-refractivity contribution in [1.29, 1.82) is 0 Å². The molecule has 0 aliphatic heterocycles. The second kappa shape index (κ2) is 6.07. The molecule has 0 spiro atoms. The number of rotatable bonds is 4. The van der Waals surface area contributed by atoms with Gasteiger partial charge < -0.3 is 16.2 Å². The Bertz CT molecular complexity index is 621. The second-order valence-electron chi connectivity index (χ2n) is 4.04. The lowest BCUT2D eigenvalue weighted by Crippen LogP contribution is -2.30. The van der Waals surface area contributed by atoms with Crippen molar-refractivity contribution in [3.05, 3.63) is 53.7 Å². The molecule has 0 radical (unpaired) electrons. The molecule has 2 aromatic rings. The molecule has 0 fully saturated rings. The van der Waals surface area contributed by atoms with Gasteiger partial charge in [-0.1, -0.05) is 18.2 Å². The highest BCUT2D eigenvalue weighted by Crippen LogP contribution is 2.15. The van der Waals surface area contributed by atoms with E-state index >= 15 is 0 Å². The Labute approximate surface area is 114 Å². The van der Waals surface area contributed by atoms with Crippen LogP contribution in [0.25, 0.3) is 0 Å². The molecule has 0 aliphatic carbocycles. The van der Waals surface area contributed by atoms with Crippen molar-refractivity contribution in [2.75, 3.05) is 12.3 Å². The average molecular weight is 276 g/mol. The maximum atomic E-state index is 13.4. The molecule has 0 saturated carbocycles. The van der Waals surface area contributed by atoms with Crippen molar-refractivity contribution in [2.45, 2.75) is 6.10 Å². The number of aliphatic hydroxyl groups is 1. The summed E-state index contributed by atoms with van der Waals surface area (Å²) in [4.78, 5) is 19.3. The summed E-state index contributed by atoms with van der Waals surface area (Å²) in [5.74, 6) is -1.12. The minimum atomic E-state index is -1.15. The molecule has 7 heteroatoms. The predicted octanol–water partition coefficient (Wildman–Crippen LogP) is 0.661. The predicted molar refractivity (Wildman–Crippen MR) is 70.1 cm³/mol. The molecule has 0 saturated heterocycles. The number of aromatic nitrogens is 2. The number of aliphatic hydroxyl groups excluding tert-OH is 1. The number of amides is 1. The van der Waals surface area contributed by atoms with Gasteiger partial charge in [0.15, 0.2) is 11.5 Å². The highest BCUT2D eigenvalue weighted by atomic mass is 19.1. The fourth-order valence-electron chi connectivity index (χ4n) is 1.65. The standard InChI is InChI=1S/C13H13FN4O2/c14-9-4-2-1-3-8(9)10(19)7-18-13(20)11-12(15)17-6-5-16-11/h1-6,10,19H,7H2,(H2,15,17)(H,18,20). The van der Waals surface area contributed by atoms with Gasteiger partial charge in [-0.25, -0.2) is 14.4 Å². The molecule has 4 N–H and O–H groups in total. The molecule has 1 amide bonds. The zero-order valence-electron chi connectivity index (χ0n) is 10.5. The molecule has 2 rings (SSSR count). The van der Waals surface area contributed by atoms with E-state index in [0.29, 0.717) is 0 Å². The Kier molecular flexibility index (Phi) is 4.21. The highest BCUT2D eigenvalue weighted by molar-refractivity contribution is 5.96. The lowest BCUT2D eigenvalue weighted by atomic mass is 10.1. The van der Waals surface area contributed by atoms with Crippen molar-refractivity contribution in [3.63, 3.8) is 0 Å². The number of nitrogens with zero attached hydrogens (tertiary/aromatic N) is 2. The summed E-state index contributed by atoms with van der Waals surface area (Å²) in [7, 11) is 0. The van der Waals surface area contributed by atoms with E-state index in [4.69, 9.17) is 5.73 Å². The Morgan fingerprint density at radius 1 is 1.35 bits per heavy atom. The molecule has 6 nitrogen and oxygen atoms in total. The number of halogens is 1. The number of hydrogen-bond acceptors (Lipinski definition) is 5. The van der Waals surface area contributed by atoms with Crippen LogP contribution in [0.2, 0.25) is 0 Å². The van der Waals surface area contributed by atoms with Crippen LogP contribution in [-0.4, -0.2) is 27.5 Å². The minimum Gasteiger partial charge on any atom is -0.386 e. The molecule has 104 valence electrons. The summed E-state index contributed by atoms with van der Waals surface area (Å²) < 4.78 is 13.4. The second-order valence-corrected chi connectivity index (χ2v) is 4.04. The Morgan fingerprint density at radius 3 is 2.75 bits per heavy atom. The quantitative estimate of drug-likeness (QED) is 0.761. The normalized spacial score (nSPS) is 11.9. The topological polar surface area (TPSA) is 101 Å². The first-order valence-corrected chi connectivity index (χ1v) is 5.86. The van der Waals surface area contributed by atoms with Crippen LogP contribution in [0.1, 0.15) is 22.2 Å². The van der Waals surface area contributed by atoms with Crippen LogP contribution in [0, 0.1) is 5.82 Å². The summed E-state index contributed by atoms with van der Waals surface area (Å²) >= 11 is 0. The van der Waals surface area contributed by atoms with Crippen molar-refractivity contribution >= 4 is 11.7 Å². The van der Waals surface area contributed by atoms with Gasteiger partial charge in [0.05, 0.1) is 6.10 Å². The van der Waals surface area contributed by atoms with E-state index in [9.17, 15) is 14.3 Å². The van der Waals surface area contributed by atoms with Gasteiger partial charge in [0.1, 0.15) is 5.82 Å². The monoisotopic (exact) mass is 276 g/mol. The Hall–Kier alpha value is -2.54. The first-order chi connectivity index (χ1) is 9.59. The molecule has 20 heavy (non-hydrogen) atoms. The van der Waals surface area contributed by atoms with Crippen LogP contribution in [-0.2, 0) is 0 Å². The molecule has 0 aliphatic rings. The number of anilines is 1. The Balaban J connectivity index is 2.01. The van der Waals surface area contributed by atoms with Crippen LogP contribution in [0.3, 0.4) is 0 Å². The van der Waals surface area contributed by atoms with Crippen LogP contribution < -0.4 is 11.1 Å². The lowest BCUT2D eigenvalue weighted by Gasteiger charge is -2.13. The molecule has 1 atom stereocenters.